The molecular weight excluding hydrogens is 270 g/mol. The first-order valence-electron chi connectivity index (χ1n) is 7.87. The molecular formula is C14H27N5O2. The zero-order valence-electron chi connectivity index (χ0n) is 12.9. The maximum Gasteiger partial charge on any atom is 0.237 e. The van der Waals surface area contributed by atoms with E-state index >= 15 is 0 Å². The van der Waals surface area contributed by atoms with E-state index in [2.05, 4.69) is 22.1 Å². The fraction of sp³-hybridized carbons (Fsp3) is 0.857. The second kappa shape index (κ2) is 7.72. The fourth-order valence-electron chi connectivity index (χ4n) is 3.06. The zero-order chi connectivity index (χ0) is 15.2. The van der Waals surface area contributed by atoms with Crippen molar-refractivity contribution in [2.24, 2.45) is 11.8 Å². The van der Waals surface area contributed by atoms with Gasteiger partial charge in [0.2, 0.25) is 11.8 Å². The van der Waals surface area contributed by atoms with Crippen LogP contribution >= 0.6 is 0 Å². The maximum atomic E-state index is 12.3. The number of rotatable bonds is 4. The van der Waals surface area contributed by atoms with Crippen LogP contribution in [0, 0.1) is 5.92 Å². The number of piperidine rings is 1. The molecule has 120 valence electrons. The second-order valence-electron chi connectivity index (χ2n) is 5.87. The smallest absolute Gasteiger partial charge is 0.237 e. The van der Waals surface area contributed by atoms with E-state index in [1.165, 1.54) is 0 Å². The number of carbonyl (C=O) groups excluding carboxylic acids is 2. The number of amides is 2. The number of carbonyl (C=O) groups is 2. The largest absolute Gasteiger partial charge is 0.342 e. The first-order valence-corrected chi connectivity index (χ1v) is 7.87. The molecule has 0 aromatic rings. The summed E-state index contributed by atoms with van der Waals surface area (Å²) in [4.78, 5) is 30.3. The van der Waals surface area contributed by atoms with Gasteiger partial charge in [0.25, 0.3) is 0 Å². The standard InChI is InChI=1S/C14H27N5O2/c1-2-17-7-9-18(10-8-17)11-13(20)19-5-3-12(4-6-19)14(21)16-15/h12H,2-11,15H2,1H3,(H,16,21). The van der Waals surface area contributed by atoms with Crippen molar-refractivity contribution in [2.45, 2.75) is 19.8 Å². The van der Waals surface area contributed by atoms with E-state index in [0.29, 0.717) is 32.5 Å². The van der Waals surface area contributed by atoms with E-state index in [1.807, 2.05) is 4.90 Å². The van der Waals surface area contributed by atoms with Gasteiger partial charge in [-0.1, -0.05) is 6.92 Å². The average molecular weight is 297 g/mol. The highest BCUT2D eigenvalue weighted by molar-refractivity contribution is 5.80. The van der Waals surface area contributed by atoms with Crippen LogP contribution in [0.15, 0.2) is 0 Å². The van der Waals surface area contributed by atoms with Gasteiger partial charge < -0.3 is 9.80 Å². The van der Waals surface area contributed by atoms with Crippen LogP contribution in [-0.2, 0) is 9.59 Å². The maximum absolute atomic E-state index is 12.3. The molecule has 0 aliphatic carbocycles. The van der Waals surface area contributed by atoms with Gasteiger partial charge in [0.05, 0.1) is 6.54 Å². The highest BCUT2D eigenvalue weighted by atomic mass is 16.2. The Labute approximate surface area is 126 Å². The number of hydrazine groups is 1. The van der Waals surface area contributed by atoms with Gasteiger partial charge in [-0.05, 0) is 19.4 Å². The predicted octanol–water partition coefficient (Wildman–Crippen LogP) is -1.15. The number of nitrogens with zero attached hydrogens (tertiary/aromatic N) is 3. The summed E-state index contributed by atoms with van der Waals surface area (Å²) >= 11 is 0. The highest BCUT2D eigenvalue weighted by Gasteiger charge is 2.28. The van der Waals surface area contributed by atoms with Crippen molar-refractivity contribution in [1.82, 2.24) is 20.1 Å². The highest BCUT2D eigenvalue weighted by Crippen LogP contribution is 2.17. The lowest BCUT2D eigenvalue weighted by atomic mass is 9.96. The lowest BCUT2D eigenvalue weighted by molar-refractivity contribution is -0.136. The number of piperazine rings is 1. The van der Waals surface area contributed by atoms with Crippen LogP contribution in [0.25, 0.3) is 0 Å². The van der Waals surface area contributed by atoms with E-state index in [0.717, 1.165) is 32.7 Å². The number of hydrogen-bond donors (Lipinski definition) is 2. The van der Waals surface area contributed by atoms with Crippen molar-refractivity contribution in [1.29, 1.82) is 0 Å². The van der Waals surface area contributed by atoms with E-state index in [9.17, 15) is 9.59 Å². The minimum Gasteiger partial charge on any atom is -0.342 e. The Morgan fingerprint density at radius 2 is 1.62 bits per heavy atom. The first-order chi connectivity index (χ1) is 10.1. The number of likely N-dealkylation sites (N-methyl/N-ethyl adjacent to an activating group) is 1. The minimum absolute atomic E-state index is 0.0489. The molecule has 0 aromatic heterocycles. The Morgan fingerprint density at radius 1 is 1.05 bits per heavy atom. The van der Waals surface area contributed by atoms with Crippen molar-refractivity contribution in [2.75, 3.05) is 52.4 Å². The van der Waals surface area contributed by atoms with Gasteiger partial charge in [0, 0.05) is 45.2 Å². The van der Waals surface area contributed by atoms with E-state index in [4.69, 9.17) is 5.84 Å². The van der Waals surface area contributed by atoms with Crippen LogP contribution in [0.2, 0.25) is 0 Å². The molecule has 21 heavy (non-hydrogen) atoms. The molecule has 2 heterocycles. The average Bonchev–Trinajstić information content (AvgIpc) is 2.55. The molecule has 7 nitrogen and oxygen atoms in total. The number of hydrogen-bond acceptors (Lipinski definition) is 5. The fourth-order valence-corrected chi connectivity index (χ4v) is 3.06. The molecule has 3 N–H and O–H groups in total. The molecule has 0 unspecified atom stereocenters. The van der Waals surface area contributed by atoms with E-state index in [-0.39, 0.29) is 17.7 Å². The Morgan fingerprint density at radius 3 is 2.14 bits per heavy atom. The Bertz CT molecular complexity index is 360. The zero-order valence-corrected chi connectivity index (χ0v) is 12.9. The summed E-state index contributed by atoms with van der Waals surface area (Å²) in [5.74, 6) is 5.18. The van der Waals surface area contributed by atoms with Crippen molar-refractivity contribution >= 4 is 11.8 Å². The van der Waals surface area contributed by atoms with E-state index < -0.39 is 0 Å². The van der Waals surface area contributed by atoms with Gasteiger partial charge in [0.1, 0.15) is 0 Å². The first kappa shape index (κ1) is 16.2. The molecule has 0 radical (unpaired) electrons. The van der Waals surface area contributed by atoms with Crippen LogP contribution < -0.4 is 11.3 Å². The van der Waals surface area contributed by atoms with Crippen molar-refractivity contribution < 1.29 is 9.59 Å². The lowest BCUT2D eigenvalue weighted by Crippen LogP contribution is -2.51. The third-order valence-electron chi connectivity index (χ3n) is 4.63. The van der Waals surface area contributed by atoms with Gasteiger partial charge in [0.15, 0.2) is 0 Å². The molecule has 2 aliphatic heterocycles. The summed E-state index contributed by atoms with van der Waals surface area (Å²) in [7, 11) is 0. The molecule has 2 fully saturated rings. The molecule has 2 aliphatic rings. The Balaban J connectivity index is 1.71. The molecule has 2 rings (SSSR count). The quantitative estimate of drug-likeness (QED) is 0.389. The van der Waals surface area contributed by atoms with Crippen molar-refractivity contribution in [3.63, 3.8) is 0 Å². The van der Waals surface area contributed by atoms with Crippen LogP contribution in [0.5, 0.6) is 0 Å². The van der Waals surface area contributed by atoms with Gasteiger partial charge in [-0.15, -0.1) is 0 Å². The Kier molecular flexibility index (Phi) is 5.96. The number of nitrogens with two attached hydrogens (primary N) is 1. The molecule has 2 amide bonds. The second-order valence-corrected chi connectivity index (χ2v) is 5.87. The van der Waals surface area contributed by atoms with Gasteiger partial charge in [-0.25, -0.2) is 5.84 Å². The number of likely N-dealkylation sites (tertiary alicyclic amines) is 1. The Hall–Kier alpha value is -1.18. The van der Waals surface area contributed by atoms with Gasteiger partial charge in [-0.2, -0.15) is 0 Å². The van der Waals surface area contributed by atoms with Crippen LogP contribution in [0.1, 0.15) is 19.8 Å². The van der Waals surface area contributed by atoms with Gasteiger partial charge >= 0.3 is 0 Å². The summed E-state index contributed by atoms with van der Waals surface area (Å²) in [6, 6.07) is 0. The summed E-state index contributed by atoms with van der Waals surface area (Å²) in [6.45, 7) is 9.09. The molecule has 0 bridgehead atoms. The normalized spacial score (nSPS) is 22.3. The summed E-state index contributed by atoms with van der Waals surface area (Å²) < 4.78 is 0. The number of nitrogens with one attached hydrogen (secondary N) is 1. The summed E-state index contributed by atoms with van der Waals surface area (Å²) in [5, 5.41) is 0. The summed E-state index contributed by atoms with van der Waals surface area (Å²) in [6.07, 6.45) is 1.41. The lowest BCUT2D eigenvalue weighted by Gasteiger charge is -2.36. The molecule has 2 saturated heterocycles. The molecule has 0 saturated carbocycles. The van der Waals surface area contributed by atoms with Crippen LogP contribution in [0.3, 0.4) is 0 Å². The van der Waals surface area contributed by atoms with Gasteiger partial charge in [-0.3, -0.25) is 19.9 Å². The molecule has 0 aromatic carbocycles. The van der Waals surface area contributed by atoms with Crippen LogP contribution in [-0.4, -0.2) is 78.9 Å². The SMILES string of the molecule is CCN1CCN(CC(=O)N2CCC(C(=O)NN)CC2)CC1. The molecule has 0 atom stereocenters. The minimum atomic E-state index is -0.113. The third kappa shape index (κ3) is 4.39. The molecule has 0 spiro atoms. The predicted molar refractivity (Wildman–Crippen MR) is 80.2 cm³/mol. The van der Waals surface area contributed by atoms with Crippen molar-refractivity contribution in [3.8, 4) is 0 Å². The summed E-state index contributed by atoms with van der Waals surface area (Å²) in [5.41, 5.74) is 2.20. The van der Waals surface area contributed by atoms with Crippen molar-refractivity contribution in [3.05, 3.63) is 0 Å². The topological polar surface area (TPSA) is 81.9 Å². The third-order valence-corrected chi connectivity index (χ3v) is 4.63. The van der Waals surface area contributed by atoms with E-state index in [1.54, 1.807) is 0 Å². The van der Waals surface area contributed by atoms with Crippen LogP contribution in [0.4, 0.5) is 0 Å². The monoisotopic (exact) mass is 297 g/mol. The molecule has 7 heteroatoms.